The lowest BCUT2D eigenvalue weighted by Crippen LogP contribution is -2.42. The SMILES string of the molecule is CC1(C)c2ccc(N)cc2C(C)(C)C1(C)C. The van der Waals surface area contributed by atoms with Crippen LogP contribution in [0.3, 0.4) is 0 Å². The van der Waals surface area contributed by atoms with Crippen LogP contribution in [0.2, 0.25) is 0 Å². The molecule has 1 aromatic carbocycles. The molecule has 0 unspecified atom stereocenters. The summed E-state index contributed by atoms with van der Waals surface area (Å²) in [5, 5.41) is 0. The first-order chi connectivity index (χ1) is 7.12. The summed E-state index contributed by atoms with van der Waals surface area (Å²) in [6.45, 7) is 14.1. The lowest BCUT2D eigenvalue weighted by molar-refractivity contribution is 0.125. The molecule has 0 spiro atoms. The molecule has 0 aromatic heterocycles. The standard InChI is InChI=1S/C15H23N/c1-13(2)11-8-7-10(16)9-12(11)14(3,4)15(13,5)6/h7-9H,16H2,1-6H3. The monoisotopic (exact) mass is 217 g/mol. The summed E-state index contributed by atoms with van der Waals surface area (Å²) in [7, 11) is 0. The summed E-state index contributed by atoms with van der Waals surface area (Å²) in [6.07, 6.45) is 0. The van der Waals surface area contributed by atoms with Gasteiger partial charge in [0.05, 0.1) is 0 Å². The Labute approximate surface area is 99.0 Å². The molecule has 1 aliphatic rings. The molecule has 2 rings (SSSR count). The fourth-order valence-corrected chi connectivity index (χ4v) is 3.08. The molecule has 0 aliphatic heterocycles. The zero-order valence-corrected chi connectivity index (χ0v) is 11.3. The van der Waals surface area contributed by atoms with Crippen LogP contribution in [-0.4, -0.2) is 0 Å². The van der Waals surface area contributed by atoms with Gasteiger partial charge in [-0.25, -0.2) is 0 Å². The molecule has 0 saturated heterocycles. The zero-order chi connectivity index (χ0) is 12.4. The van der Waals surface area contributed by atoms with E-state index < -0.39 is 0 Å². The number of nitrogens with two attached hydrogens (primary N) is 1. The average Bonchev–Trinajstić information content (AvgIpc) is 2.24. The molecule has 0 fully saturated rings. The Morgan fingerprint density at radius 1 is 0.812 bits per heavy atom. The number of rotatable bonds is 0. The number of fused-ring (bicyclic) bond motifs is 1. The fraction of sp³-hybridized carbons (Fsp3) is 0.600. The van der Waals surface area contributed by atoms with Gasteiger partial charge >= 0.3 is 0 Å². The third-order valence-electron chi connectivity index (χ3n) is 5.52. The summed E-state index contributed by atoms with van der Waals surface area (Å²) >= 11 is 0. The van der Waals surface area contributed by atoms with Crippen molar-refractivity contribution in [3.05, 3.63) is 29.3 Å². The predicted molar refractivity (Wildman–Crippen MR) is 70.7 cm³/mol. The molecule has 0 bridgehead atoms. The van der Waals surface area contributed by atoms with E-state index in [-0.39, 0.29) is 16.2 Å². The summed E-state index contributed by atoms with van der Waals surface area (Å²) in [6, 6.07) is 6.39. The van der Waals surface area contributed by atoms with Crippen LogP contribution >= 0.6 is 0 Å². The maximum Gasteiger partial charge on any atom is 0.0317 e. The van der Waals surface area contributed by atoms with Crippen LogP contribution in [-0.2, 0) is 10.8 Å². The first-order valence-corrected chi connectivity index (χ1v) is 6.03. The van der Waals surface area contributed by atoms with E-state index in [9.17, 15) is 0 Å². The van der Waals surface area contributed by atoms with Crippen molar-refractivity contribution in [3.63, 3.8) is 0 Å². The van der Waals surface area contributed by atoms with E-state index in [0.29, 0.717) is 0 Å². The highest BCUT2D eigenvalue weighted by atomic mass is 14.6. The van der Waals surface area contributed by atoms with E-state index in [1.165, 1.54) is 11.1 Å². The Kier molecular flexibility index (Phi) is 2.03. The van der Waals surface area contributed by atoms with Crippen LogP contribution in [0.4, 0.5) is 5.69 Å². The van der Waals surface area contributed by atoms with Crippen molar-refractivity contribution in [1.82, 2.24) is 0 Å². The number of hydrogen-bond donors (Lipinski definition) is 1. The smallest absolute Gasteiger partial charge is 0.0317 e. The minimum absolute atomic E-state index is 0.168. The zero-order valence-electron chi connectivity index (χ0n) is 11.3. The van der Waals surface area contributed by atoms with Gasteiger partial charge in [0.15, 0.2) is 0 Å². The van der Waals surface area contributed by atoms with Crippen molar-refractivity contribution in [2.24, 2.45) is 5.41 Å². The molecule has 2 N–H and O–H groups in total. The molecule has 0 heterocycles. The Hall–Kier alpha value is -0.980. The maximum atomic E-state index is 5.93. The molecule has 1 aliphatic carbocycles. The van der Waals surface area contributed by atoms with Crippen molar-refractivity contribution < 1.29 is 0 Å². The predicted octanol–water partition coefficient (Wildman–Crippen LogP) is 3.86. The van der Waals surface area contributed by atoms with Crippen LogP contribution < -0.4 is 5.73 Å². The second-order valence-electron chi connectivity index (χ2n) is 6.68. The van der Waals surface area contributed by atoms with Crippen LogP contribution in [0, 0.1) is 5.41 Å². The largest absolute Gasteiger partial charge is 0.399 e. The van der Waals surface area contributed by atoms with Crippen LogP contribution in [0.15, 0.2) is 18.2 Å². The molecule has 0 saturated carbocycles. The van der Waals surface area contributed by atoms with Crippen LogP contribution in [0.25, 0.3) is 0 Å². The quantitative estimate of drug-likeness (QED) is 0.656. The van der Waals surface area contributed by atoms with Crippen molar-refractivity contribution in [2.75, 3.05) is 5.73 Å². The Morgan fingerprint density at radius 3 is 1.88 bits per heavy atom. The van der Waals surface area contributed by atoms with E-state index >= 15 is 0 Å². The topological polar surface area (TPSA) is 26.0 Å². The van der Waals surface area contributed by atoms with E-state index in [1.54, 1.807) is 0 Å². The Balaban J connectivity index is 2.79. The van der Waals surface area contributed by atoms with Crippen molar-refractivity contribution in [1.29, 1.82) is 0 Å². The van der Waals surface area contributed by atoms with Gasteiger partial charge in [0, 0.05) is 5.69 Å². The van der Waals surface area contributed by atoms with Crippen LogP contribution in [0.1, 0.15) is 52.7 Å². The molecule has 1 nitrogen and oxygen atoms in total. The number of hydrogen-bond acceptors (Lipinski definition) is 1. The number of anilines is 1. The summed E-state index contributed by atoms with van der Waals surface area (Å²) < 4.78 is 0. The average molecular weight is 217 g/mol. The minimum atomic E-state index is 0.168. The molecule has 16 heavy (non-hydrogen) atoms. The van der Waals surface area contributed by atoms with Crippen molar-refractivity contribution in [3.8, 4) is 0 Å². The normalized spacial score (nSPS) is 24.1. The van der Waals surface area contributed by atoms with Crippen molar-refractivity contribution in [2.45, 2.75) is 52.4 Å². The Morgan fingerprint density at radius 2 is 1.31 bits per heavy atom. The highest BCUT2D eigenvalue weighted by molar-refractivity contribution is 5.55. The van der Waals surface area contributed by atoms with E-state index in [1.807, 2.05) is 6.07 Å². The highest BCUT2D eigenvalue weighted by Crippen LogP contribution is 2.61. The first kappa shape index (κ1) is 11.5. The third kappa shape index (κ3) is 1.07. The van der Waals surface area contributed by atoms with E-state index in [4.69, 9.17) is 5.73 Å². The van der Waals surface area contributed by atoms with Gasteiger partial charge in [-0.05, 0) is 39.5 Å². The van der Waals surface area contributed by atoms with Crippen LogP contribution in [0.5, 0.6) is 0 Å². The third-order valence-corrected chi connectivity index (χ3v) is 5.52. The van der Waals surface area contributed by atoms with Gasteiger partial charge in [-0.3, -0.25) is 0 Å². The maximum absolute atomic E-state index is 5.93. The first-order valence-electron chi connectivity index (χ1n) is 6.03. The summed E-state index contributed by atoms with van der Waals surface area (Å²) in [4.78, 5) is 0. The van der Waals surface area contributed by atoms with Crippen molar-refractivity contribution >= 4 is 5.69 Å². The van der Waals surface area contributed by atoms with Gasteiger partial charge in [-0.2, -0.15) is 0 Å². The van der Waals surface area contributed by atoms with E-state index in [0.717, 1.165) is 5.69 Å². The lowest BCUT2D eigenvalue weighted by Gasteiger charge is -2.44. The molecule has 0 radical (unpaired) electrons. The molecule has 0 amide bonds. The van der Waals surface area contributed by atoms with E-state index in [2.05, 4.69) is 53.7 Å². The van der Waals surface area contributed by atoms with Gasteiger partial charge in [0.25, 0.3) is 0 Å². The highest BCUT2D eigenvalue weighted by Gasteiger charge is 2.56. The fourth-order valence-electron chi connectivity index (χ4n) is 3.08. The molecular formula is C15H23N. The minimum Gasteiger partial charge on any atom is -0.399 e. The molecule has 1 aromatic rings. The van der Waals surface area contributed by atoms with Gasteiger partial charge in [-0.1, -0.05) is 47.6 Å². The lowest BCUT2D eigenvalue weighted by atomic mass is 9.59. The number of nitrogen functional groups attached to an aromatic ring is 1. The van der Waals surface area contributed by atoms with Gasteiger partial charge in [0.1, 0.15) is 0 Å². The Bertz CT molecular complexity index is 439. The summed E-state index contributed by atoms with van der Waals surface area (Å²) in [5.74, 6) is 0. The molecule has 0 atom stereocenters. The summed E-state index contributed by atoms with van der Waals surface area (Å²) in [5.41, 5.74) is 10.3. The molecule has 88 valence electrons. The molecular weight excluding hydrogens is 194 g/mol. The second-order valence-corrected chi connectivity index (χ2v) is 6.68. The van der Waals surface area contributed by atoms with Gasteiger partial charge in [0.2, 0.25) is 0 Å². The molecule has 1 heteroatoms. The van der Waals surface area contributed by atoms with Gasteiger partial charge < -0.3 is 5.73 Å². The number of benzene rings is 1. The van der Waals surface area contributed by atoms with Gasteiger partial charge in [-0.15, -0.1) is 0 Å². The second kappa shape index (κ2) is 2.82.